The number of nitrogens with one attached hydrogen (secondary N) is 1. The average molecular weight is 735 g/mol. The first-order valence-corrected chi connectivity index (χ1v) is 18.1. The van der Waals surface area contributed by atoms with Gasteiger partial charge in [-0.05, 0) is 58.0 Å². The molecule has 0 fully saturated rings. The van der Waals surface area contributed by atoms with Gasteiger partial charge in [0.2, 0.25) is 0 Å². The molecule has 290 valence electrons. The molecule has 0 amide bonds. The predicted octanol–water partition coefficient (Wildman–Crippen LogP) is 2.05. The molecule has 0 aromatic carbocycles. The first-order chi connectivity index (χ1) is 23.9. The fourth-order valence-corrected chi connectivity index (χ4v) is 5.49. The maximum absolute atomic E-state index is 12.5. The zero-order chi connectivity index (χ0) is 37.6. The molecule has 0 spiro atoms. The van der Waals surface area contributed by atoms with E-state index in [0.717, 1.165) is 25.5 Å². The third kappa shape index (κ3) is 27.2. The minimum absolute atomic E-state index is 0.0810. The van der Waals surface area contributed by atoms with Crippen LogP contribution in [-0.2, 0) is 38.2 Å². The van der Waals surface area contributed by atoms with Crippen molar-refractivity contribution in [1.82, 2.24) is 20.0 Å². The second kappa shape index (κ2) is 31.2. The summed E-state index contributed by atoms with van der Waals surface area (Å²) in [7, 11) is 0. The lowest BCUT2D eigenvalue weighted by Gasteiger charge is -2.33. The molecule has 0 aromatic heterocycles. The molecule has 2 unspecified atom stereocenters. The molecule has 0 aliphatic rings. The second-order valence-electron chi connectivity index (χ2n) is 12.2. The number of rotatable bonds is 36. The summed E-state index contributed by atoms with van der Waals surface area (Å²) in [6, 6.07) is -0.924. The lowest BCUT2D eigenvalue weighted by atomic mass is 9.97. The van der Waals surface area contributed by atoms with Gasteiger partial charge in [-0.15, -0.1) is 0 Å². The summed E-state index contributed by atoms with van der Waals surface area (Å²) in [5.74, 6) is -2.67. The number of ether oxygens (including phenoxy) is 3. The van der Waals surface area contributed by atoms with E-state index in [1.807, 2.05) is 13.8 Å². The van der Waals surface area contributed by atoms with Gasteiger partial charge in [-0.3, -0.25) is 33.9 Å². The van der Waals surface area contributed by atoms with E-state index in [9.17, 15) is 39.3 Å². The molecule has 0 aliphatic carbocycles. The van der Waals surface area contributed by atoms with E-state index in [1.165, 1.54) is 6.92 Å². The van der Waals surface area contributed by atoms with E-state index in [1.54, 1.807) is 14.7 Å². The fraction of sp³-hybridized carbons (Fsp3) is 0.824. The minimum atomic E-state index is -1.04. The highest BCUT2D eigenvalue weighted by molar-refractivity contribution is 7.80. The van der Waals surface area contributed by atoms with Crippen LogP contribution in [0.3, 0.4) is 0 Å². The van der Waals surface area contributed by atoms with Gasteiger partial charge in [0.25, 0.3) is 0 Å². The molecule has 4 N–H and O–H groups in total. The first kappa shape index (κ1) is 47.4. The highest BCUT2D eigenvalue weighted by Crippen LogP contribution is 2.15. The Kier molecular flexibility index (Phi) is 29.5. The second-order valence-corrected chi connectivity index (χ2v) is 12.7. The van der Waals surface area contributed by atoms with Gasteiger partial charge in [-0.2, -0.15) is 0 Å². The molecule has 0 aromatic rings. The summed E-state index contributed by atoms with van der Waals surface area (Å²) < 4.78 is 16.3. The van der Waals surface area contributed by atoms with E-state index in [2.05, 4.69) is 5.32 Å². The molecule has 0 saturated heterocycles. The lowest BCUT2D eigenvalue weighted by Crippen LogP contribution is -2.49. The number of carbonyl (C=O) groups is 5. The van der Waals surface area contributed by atoms with Crippen molar-refractivity contribution in [2.45, 2.75) is 78.2 Å². The van der Waals surface area contributed by atoms with Crippen molar-refractivity contribution in [2.75, 3.05) is 98.5 Å². The van der Waals surface area contributed by atoms with E-state index in [4.69, 9.17) is 26.4 Å². The number of nitrogens with zero attached hydrogens (tertiary/aromatic N) is 3. The molecule has 0 aliphatic heterocycles. The summed E-state index contributed by atoms with van der Waals surface area (Å²) >= 11 is 5.46. The maximum atomic E-state index is 12.5. The molecule has 50 heavy (non-hydrogen) atoms. The predicted molar refractivity (Wildman–Crippen MR) is 193 cm³/mol. The van der Waals surface area contributed by atoms with E-state index >= 15 is 0 Å². The van der Waals surface area contributed by atoms with Gasteiger partial charge in [0.05, 0.1) is 57.7 Å². The standard InChI is InChI=1S/C34H62N4O11S/c1-4-13-36(26-32(41)42)15-17-38(18-16-37(27-33(43)44)14-6-7-29(5-2)10-19-39)30(34(45)46)8-9-31(50)35-12-21-48-23-25-49-24-22-47-20-11-28(3)40/h19,29-30H,4-18,20-27H2,1-3H3,(H,35,50)(H,41,42)(H,43,44)(H,45,46). The molecule has 0 saturated carbocycles. The number of hydrogen-bond acceptors (Lipinski definition) is 12. The zero-order valence-corrected chi connectivity index (χ0v) is 31.2. The van der Waals surface area contributed by atoms with Crippen molar-refractivity contribution in [3.63, 3.8) is 0 Å². The van der Waals surface area contributed by atoms with Crippen molar-refractivity contribution < 1.29 is 53.5 Å². The zero-order valence-electron chi connectivity index (χ0n) is 30.4. The molecule has 15 nitrogen and oxygen atoms in total. The van der Waals surface area contributed by atoms with Crippen LogP contribution in [-0.4, -0.2) is 170 Å². The molecular weight excluding hydrogens is 672 g/mol. The van der Waals surface area contributed by atoms with Crippen molar-refractivity contribution in [1.29, 1.82) is 0 Å². The number of aliphatic carboxylic acids is 3. The number of carboxylic acid groups (broad SMARTS) is 3. The Morgan fingerprint density at radius 2 is 1.32 bits per heavy atom. The Labute approximate surface area is 303 Å². The minimum Gasteiger partial charge on any atom is -0.480 e. The van der Waals surface area contributed by atoms with Gasteiger partial charge in [0.15, 0.2) is 0 Å². The summed E-state index contributed by atoms with van der Waals surface area (Å²) in [6.45, 7) is 10.1. The largest absolute Gasteiger partial charge is 0.480 e. The Balaban J connectivity index is 5.13. The molecule has 0 radical (unpaired) electrons. The number of hydrogen-bond donors (Lipinski definition) is 4. The summed E-state index contributed by atoms with van der Waals surface area (Å²) in [5, 5.41) is 32.3. The quantitative estimate of drug-likeness (QED) is 0.0415. The van der Waals surface area contributed by atoms with Crippen LogP contribution in [0.25, 0.3) is 0 Å². The van der Waals surface area contributed by atoms with E-state index in [0.29, 0.717) is 103 Å². The fourth-order valence-electron chi connectivity index (χ4n) is 5.27. The molecular formula is C34H62N4O11S. The van der Waals surface area contributed by atoms with Crippen LogP contribution in [0.4, 0.5) is 0 Å². The average Bonchev–Trinajstić information content (AvgIpc) is 3.04. The number of carboxylic acids is 3. The normalized spacial score (nSPS) is 12.7. The number of thiocarbonyl (C=S) groups is 1. The maximum Gasteiger partial charge on any atom is 0.320 e. The Bertz CT molecular complexity index is 975. The Hall–Kier alpha value is -2.60. The van der Waals surface area contributed by atoms with Crippen molar-refractivity contribution in [3.8, 4) is 0 Å². The molecule has 16 heteroatoms. The van der Waals surface area contributed by atoms with E-state index < -0.39 is 23.9 Å². The van der Waals surface area contributed by atoms with Crippen LogP contribution >= 0.6 is 12.2 Å². The van der Waals surface area contributed by atoms with Crippen LogP contribution in [0.2, 0.25) is 0 Å². The Morgan fingerprint density at radius 1 is 0.760 bits per heavy atom. The van der Waals surface area contributed by atoms with Gasteiger partial charge >= 0.3 is 17.9 Å². The number of ketones is 1. The number of aldehydes is 1. The molecule has 0 heterocycles. The monoisotopic (exact) mass is 734 g/mol. The van der Waals surface area contributed by atoms with Gasteiger partial charge in [0.1, 0.15) is 18.1 Å². The highest BCUT2D eigenvalue weighted by Gasteiger charge is 2.27. The molecule has 0 rings (SSSR count). The third-order valence-electron chi connectivity index (χ3n) is 8.04. The topological polar surface area (TPSA) is 195 Å². The number of Topliss-reactive ketones (excluding diaryl/α,β-unsaturated/α-hetero) is 1. The molecule has 2 atom stereocenters. The number of carbonyl (C=O) groups excluding carboxylic acids is 2. The van der Waals surface area contributed by atoms with Gasteiger partial charge in [-0.1, -0.05) is 32.5 Å². The molecule has 0 bridgehead atoms. The lowest BCUT2D eigenvalue weighted by molar-refractivity contribution is -0.144. The Morgan fingerprint density at radius 3 is 1.82 bits per heavy atom. The SMILES string of the molecule is CCCN(CCN(CCN(CCCC(CC)CC=O)CC(=O)O)C(CCC(=S)NCCOCCOCCOCCC(C)=O)C(=O)O)CC(=O)O. The summed E-state index contributed by atoms with van der Waals surface area (Å²) in [6.07, 6.45) is 5.36. The van der Waals surface area contributed by atoms with Gasteiger partial charge in [0, 0.05) is 45.6 Å². The summed E-state index contributed by atoms with van der Waals surface area (Å²) in [4.78, 5) is 63.3. The van der Waals surface area contributed by atoms with Crippen LogP contribution < -0.4 is 5.32 Å². The van der Waals surface area contributed by atoms with Crippen molar-refractivity contribution >= 4 is 47.2 Å². The van der Waals surface area contributed by atoms with Crippen LogP contribution in [0, 0.1) is 5.92 Å². The van der Waals surface area contributed by atoms with Gasteiger partial charge < -0.3 is 39.6 Å². The van der Waals surface area contributed by atoms with E-state index in [-0.39, 0.29) is 44.3 Å². The van der Waals surface area contributed by atoms with Crippen molar-refractivity contribution in [2.24, 2.45) is 5.92 Å². The van der Waals surface area contributed by atoms with Crippen LogP contribution in [0.15, 0.2) is 0 Å². The third-order valence-corrected chi connectivity index (χ3v) is 8.39. The smallest absolute Gasteiger partial charge is 0.320 e. The van der Waals surface area contributed by atoms with Crippen LogP contribution in [0.5, 0.6) is 0 Å². The van der Waals surface area contributed by atoms with Gasteiger partial charge in [-0.25, -0.2) is 0 Å². The first-order valence-electron chi connectivity index (χ1n) is 17.7. The van der Waals surface area contributed by atoms with Crippen LogP contribution in [0.1, 0.15) is 72.1 Å². The highest BCUT2D eigenvalue weighted by atomic mass is 32.1. The summed E-state index contributed by atoms with van der Waals surface area (Å²) in [5.41, 5.74) is 0. The van der Waals surface area contributed by atoms with Crippen molar-refractivity contribution in [3.05, 3.63) is 0 Å².